The number of hydrogen-bond acceptors (Lipinski definition) is 5. The van der Waals surface area contributed by atoms with Gasteiger partial charge in [-0.3, -0.25) is 0 Å². The smallest absolute Gasteiger partial charge is 0.370 e. The van der Waals surface area contributed by atoms with E-state index in [0.29, 0.717) is 13.1 Å². The van der Waals surface area contributed by atoms with Gasteiger partial charge < -0.3 is 9.88 Å². The lowest BCUT2D eigenvalue weighted by molar-refractivity contribution is -0.141. The molecule has 0 aliphatic carbocycles. The van der Waals surface area contributed by atoms with E-state index in [9.17, 15) is 13.2 Å². The Hall–Kier alpha value is -2.65. The highest BCUT2D eigenvalue weighted by molar-refractivity contribution is 5.45. The van der Waals surface area contributed by atoms with E-state index >= 15 is 0 Å². The molecule has 0 amide bonds. The van der Waals surface area contributed by atoms with Crippen molar-refractivity contribution < 1.29 is 13.2 Å². The van der Waals surface area contributed by atoms with Gasteiger partial charge in [0.25, 0.3) is 5.78 Å². The second kappa shape index (κ2) is 5.86. The Morgan fingerprint density at radius 2 is 2.17 bits per heavy atom. The predicted molar refractivity (Wildman–Crippen MR) is 75.7 cm³/mol. The van der Waals surface area contributed by atoms with Crippen molar-refractivity contribution in [2.45, 2.75) is 19.6 Å². The second-order valence-corrected chi connectivity index (χ2v) is 5.24. The molecule has 3 aromatic heterocycles. The van der Waals surface area contributed by atoms with E-state index in [-0.39, 0.29) is 17.5 Å². The zero-order chi connectivity index (χ0) is 16.4. The fraction of sp³-hybridized carbons (Fsp3) is 0.385. The van der Waals surface area contributed by atoms with Crippen LogP contribution in [0.15, 0.2) is 31.1 Å². The monoisotopic (exact) mass is 325 g/mol. The van der Waals surface area contributed by atoms with E-state index in [1.54, 1.807) is 12.5 Å². The van der Waals surface area contributed by atoms with Crippen LogP contribution >= 0.6 is 0 Å². The highest BCUT2D eigenvalue weighted by Crippen LogP contribution is 2.29. The van der Waals surface area contributed by atoms with Crippen LogP contribution in [0.25, 0.3) is 5.78 Å². The molecule has 0 unspecified atom stereocenters. The molecule has 3 rings (SSSR count). The van der Waals surface area contributed by atoms with Gasteiger partial charge in [-0.15, -0.1) is 0 Å². The first-order valence-corrected chi connectivity index (χ1v) is 6.91. The van der Waals surface area contributed by atoms with Gasteiger partial charge in [0.2, 0.25) is 0 Å². The van der Waals surface area contributed by atoms with E-state index < -0.39 is 11.9 Å². The Bertz CT molecular complexity index is 779. The summed E-state index contributed by atoms with van der Waals surface area (Å²) in [5.74, 6) is 0.284. The molecule has 1 N–H and O–H groups in total. The maximum absolute atomic E-state index is 12.9. The molecule has 23 heavy (non-hydrogen) atoms. The lowest BCUT2D eigenvalue weighted by Crippen LogP contribution is -2.19. The summed E-state index contributed by atoms with van der Waals surface area (Å²) in [7, 11) is 0. The summed E-state index contributed by atoms with van der Waals surface area (Å²) in [6, 6.07) is 0.936. The van der Waals surface area contributed by atoms with Gasteiger partial charge in [0, 0.05) is 31.5 Å². The van der Waals surface area contributed by atoms with Crippen LogP contribution in [0.5, 0.6) is 0 Å². The number of anilines is 1. The largest absolute Gasteiger partial charge is 0.433 e. The van der Waals surface area contributed by atoms with E-state index in [2.05, 4.69) is 25.4 Å². The summed E-state index contributed by atoms with van der Waals surface area (Å²) in [5, 5.41) is 6.88. The number of rotatable bonds is 5. The van der Waals surface area contributed by atoms with E-state index in [1.165, 1.54) is 10.8 Å². The Balaban J connectivity index is 1.77. The molecular formula is C13H14F3N7. The summed E-state index contributed by atoms with van der Waals surface area (Å²) < 4.78 is 41.8. The molecule has 3 heterocycles. The topological polar surface area (TPSA) is 72.9 Å². The molecule has 0 bridgehead atoms. The van der Waals surface area contributed by atoms with Crippen LogP contribution in [-0.4, -0.2) is 35.7 Å². The number of imidazole rings is 1. The minimum Gasteiger partial charge on any atom is -0.370 e. The Kier molecular flexibility index (Phi) is 3.89. The molecule has 0 saturated carbocycles. The molecule has 122 valence electrons. The van der Waals surface area contributed by atoms with E-state index in [0.717, 1.165) is 6.07 Å². The average molecular weight is 325 g/mol. The molecule has 10 heteroatoms. The number of nitrogens with one attached hydrogen (secondary N) is 1. The standard InChI is InChI=1S/C13H14F3N7/c1-9(6-22-3-2-17-8-22)5-18-11-4-10(13(14,15)16)21-12-19-7-20-23(11)12/h2-4,7-9,18H,5-6H2,1H3/t9-/m0/s1. The van der Waals surface area contributed by atoms with Crippen molar-refractivity contribution in [2.75, 3.05) is 11.9 Å². The molecule has 0 saturated heterocycles. The molecule has 0 aromatic carbocycles. The van der Waals surface area contributed by atoms with Gasteiger partial charge in [-0.1, -0.05) is 6.92 Å². The van der Waals surface area contributed by atoms with Crippen molar-refractivity contribution in [1.29, 1.82) is 0 Å². The van der Waals surface area contributed by atoms with Crippen molar-refractivity contribution in [2.24, 2.45) is 5.92 Å². The first-order chi connectivity index (χ1) is 10.9. The van der Waals surface area contributed by atoms with Crippen molar-refractivity contribution >= 4 is 11.6 Å². The molecule has 0 aliphatic rings. The van der Waals surface area contributed by atoms with Gasteiger partial charge in [0.1, 0.15) is 12.1 Å². The van der Waals surface area contributed by atoms with Crippen molar-refractivity contribution in [3.63, 3.8) is 0 Å². The number of aromatic nitrogens is 6. The number of alkyl halides is 3. The van der Waals surface area contributed by atoms with Gasteiger partial charge in [-0.25, -0.2) is 9.97 Å². The first kappa shape index (κ1) is 15.3. The van der Waals surface area contributed by atoms with Crippen LogP contribution in [0.1, 0.15) is 12.6 Å². The van der Waals surface area contributed by atoms with Crippen LogP contribution in [0.3, 0.4) is 0 Å². The molecule has 0 spiro atoms. The lowest BCUT2D eigenvalue weighted by Gasteiger charge is -2.15. The maximum Gasteiger partial charge on any atom is 0.433 e. The SMILES string of the molecule is C[C@@H](CNc1cc(C(F)(F)F)nc2ncnn12)Cn1ccnc1. The van der Waals surface area contributed by atoms with Crippen molar-refractivity contribution in [1.82, 2.24) is 29.1 Å². The summed E-state index contributed by atoms with van der Waals surface area (Å²) in [5.41, 5.74) is -0.997. The van der Waals surface area contributed by atoms with Gasteiger partial charge in [0.15, 0.2) is 5.69 Å². The highest BCUT2D eigenvalue weighted by atomic mass is 19.4. The summed E-state index contributed by atoms with van der Waals surface area (Å²) >= 11 is 0. The van der Waals surface area contributed by atoms with Gasteiger partial charge in [-0.05, 0) is 5.92 Å². The fourth-order valence-electron chi connectivity index (χ4n) is 2.18. The Morgan fingerprint density at radius 1 is 1.35 bits per heavy atom. The normalized spacial score (nSPS) is 13.4. The zero-order valence-electron chi connectivity index (χ0n) is 12.2. The quantitative estimate of drug-likeness (QED) is 0.777. The molecular weight excluding hydrogens is 311 g/mol. The minimum atomic E-state index is -4.54. The zero-order valence-corrected chi connectivity index (χ0v) is 12.2. The van der Waals surface area contributed by atoms with E-state index in [4.69, 9.17) is 0 Å². The summed E-state index contributed by atoms with van der Waals surface area (Å²) in [6.45, 7) is 3.15. The number of halogens is 3. The van der Waals surface area contributed by atoms with Crippen molar-refractivity contribution in [3.8, 4) is 0 Å². The van der Waals surface area contributed by atoms with E-state index in [1.807, 2.05) is 17.7 Å². The number of hydrogen-bond donors (Lipinski definition) is 1. The Morgan fingerprint density at radius 3 is 2.87 bits per heavy atom. The van der Waals surface area contributed by atoms with Crippen LogP contribution in [0.2, 0.25) is 0 Å². The third kappa shape index (κ3) is 3.41. The van der Waals surface area contributed by atoms with Gasteiger partial charge in [-0.2, -0.15) is 27.8 Å². The fourth-order valence-corrected chi connectivity index (χ4v) is 2.18. The van der Waals surface area contributed by atoms with Gasteiger partial charge in [0.05, 0.1) is 6.33 Å². The summed E-state index contributed by atoms with van der Waals surface area (Å²) in [4.78, 5) is 11.1. The van der Waals surface area contributed by atoms with Gasteiger partial charge >= 0.3 is 6.18 Å². The predicted octanol–water partition coefficient (Wildman–Crippen LogP) is 2.09. The number of nitrogens with zero attached hydrogens (tertiary/aromatic N) is 6. The maximum atomic E-state index is 12.9. The summed E-state index contributed by atoms with van der Waals surface area (Å²) in [6.07, 6.45) is 1.84. The molecule has 0 fully saturated rings. The van der Waals surface area contributed by atoms with Crippen LogP contribution in [-0.2, 0) is 12.7 Å². The Labute approximate surface area is 129 Å². The highest BCUT2D eigenvalue weighted by Gasteiger charge is 2.34. The molecule has 1 atom stereocenters. The molecule has 3 aromatic rings. The van der Waals surface area contributed by atoms with Crippen LogP contribution in [0, 0.1) is 5.92 Å². The molecule has 0 aliphatic heterocycles. The third-order valence-electron chi connectivity index (χ3n) is 3.26. The van der Waals surface area contributed by atoms with Crippen LogP contribution < -0.4 is 5.32 Å². The van der Waals surface area contributed by atoms with Crippen LogP contribution in [0.4, 0.5) is 19.0 Å². The number of fused-ring (bicyclic) bond motifs is 1. The lowest BCUT2D eigenvalue weighted by atomic mass is 10.2. The molecule has 0 radical (unpaired) electrons. The minimum absolute atomic E-state index is 0.0930. The molecule has 7 nitrogen and oxygen atoms in total. The average Bonchev–Trinajstić information content (AvgIpc) is 3.14. The van der Waals surface area contributed by atoms with Crippen molar-refractivity contribution in [3.05, 3.63) is 36.8 Å². The third-order valence-corrected chi connectivity index (χ3v) is 3.26. The second-order valence-electron chi connectivity index (χ2n) is 5.24. The first-order valence-electron chi connectivity index (χ1n) is 6.91.